The molecule has 1 aromatic carbocycles. The maximum absolute atomic E-state index is 12.7. The molecule has 1 atom stereocenters. The molecule has 1 fully saturated rings. The van der Waals surface area contributed by atoms with Gasteiger partial charge < -0.3 is 0 Å². The Balaban J connectivity index is 2.28. The number of hydrogen-bond donors (Lipinski definition) is 2. The zero-order chi connectivity index (χ0) is 13.3. The van der Waals surface area contributed by atoms with Crippen molar-refractivity contribution in [1.82, 2.24) is 5.43 Å². The molecular formula is C12H14BrF3N2. The second-order valence-corrected chi connectivity index (χ2v) is 5.49. The highest BCUT2D eigenvalue weighted by molar-refractivity contribution is 9.10. The van der Waals surface area contributed by atoms with E-state index in [1.165, 1.54) is 6.07 Å². The smallest absolute Gasteiger partial charge is 0.271 e. The third kappa shape index (κ3) is 3.24. The van der Waals surface area contributed by atoms with E-state index in [9.17, 15) is 13.2 Å². The first-order valence-corrected chi connectivity index (χ1v) is 6.54. The van der Waals surface area contributed by atoms with E-state index in [1.807, 2.05) is 0 Å². The maximum atomic E-state index is 12.7. The van der Waals surface area contributed by atoms with Gasteiger partial charge in [-0.1, -0.05) is 28.8 Å². The normalized spacial score (nSPS) is 17.8. The number of nitrogens with two attached hydrogens (primary N) is 1. The van der Waals surface area contributed by atoms with Crippen LogP contribution < -0.4 is 11.3 Å². The monoisotopic (exact) mass is 322 g/mol. The average Bonchev–Trinajstić information content (AvgIpc) is 3.09. The fourth-order valence-electron chi connectivity index (χ4n) is 1.96. The lowest BCUT2D eigenvalue weighted by Gasteiger charge is -2.19. The van der Waals surface area contributed by atoms with Gasteiger partial charge in [0.1, 0.15) is 0 Å². The predicted octanol–water partition coefficient (Wildman–Crippen LogP) is 3.77. The van der Waals surface area contributed by atoms with Gasteiger partial charge in [-0.3, -0.25) is 11.3 Å². The summed E-state index contributed by atoms with van der Waals surface area (Å²) in [7, 11) is 0. The molecule has 0 heterocycles. The first-order valence-electron chi connectivity index (χ1n) is 5.74. The minimum absolute atomic E-state index is 0.242. The van der Waals surface area contributed by atoms with E-state index in [1.54, 1.807) is 0 Å². The van der Waals surface area contributed by atoms with Crippen LogP contribution in [0.2, 0.25) is 0 Å². The lowest BCUT2D eigenvalue weighted by molar-refractivity contribution is -0.137. The Morgan fingerprint density at radius 1 is 1.39 bits per heavy atom. The van der Waals surface area contributed by atoms with Gasteiger partial charge in [-0.2, -0.15) is 13.2 Å². The highest BCUT2D eigenvalue weighted by Gasteiger charge is 2.32. The van der Waals surface area contributed by atoms with Crippen LogP contribution in [0.15, 0.2) is 22.7 Å². The molecule has 0 saturated heterocycles. The fourth-order valence-corrected chi connectivity index (χ4v) is 2.48. The van der Waals surface area contributed by atoms with Crippen LogP contribution in [0.1, 0.15) is 36.4 Å². The molecule has 1 unspecified atom stereocenters. The van der Waals surface area contributed by atoms with Crippen LogP contribution in [0.25, 0.3) is 0 Å². The average molecular weight is 323 g/mol. The standard InChI is InChI=1S/C12H14BrF3N2/c13-10-4-3-8(12(14,15)16)6-9(10)11(18-17)5-7-1-2-7/h3-4,6-7,11,18H,1-2,5,17H2. The molecule has 1 aliphatic carbocycles. The summed E-state index contributed by atoms with van der Waals surface area (Å²) >= 11 is 3.29. The summed E-state index contributed by atoms with van der Waals surface area (Å²) < 4.78 is 38.7. The molecule has 3 N–H and O–H groups in total. The molecule has 6 heteroatoms. The van der Waals surface area contributed by atoms with E-state index in [0.717, 1.165) is 31.4 Å². The highest BCUT2D eigenvalue weighted by atomic mass is 79.9. The van der Waals surface area contributed by atoms with Gasteiger partial charge in [-0.15, -0.1) is 0 Å². The number of alkyl halides is 3. The van der Waals surface area contributed by atoms with Crippen molar-refractivity contribution < 1.29 is 13.2 Å². The fraction of sp³-hybridized carbons (Fsp3) is 0.500. The van der Waals surface area contributed by atoms with Gasteiger partial charge in [0.05, 0.1) is 5.56 Å². The Morgan fingerprint density at radius 2 is 2.06 bits per heavy atom. The molecule has 2 nitrogen and oxygen atoms in total. The van der Waals surface area contributed by atoms with Crippen LogP contribution >= 0.6 is 15.9 Å². The molecule has 100 valence electrons. The molecule has 1 aromatic rings. The van der Waals surface area contributed by atoms with Gasteiger partial charge >= 0.3 is 6.18 Å². The van der Waals surface area contributed by atoms with Crippen molar-refractivity contribution in [1.29, 1.82) is 0 Å². The number of halogens is 4. The van der Waals surface area contributed by atoms with Crippen molar-refractivity contribution in [3.05, 3.63) is 33.8 Å². The van der Waals surface area contributed by atoms with E-state index in [0.29, 0.717) is 16.0 Å². The summed E-state index contributed by atoms with van der Waals surface area (Å²) in [6.07, 6.45) is -1.28. The van der Waals surface area contributed by atoms with Crippen molar-refractivity contribution in [2.24, 2.45) is 11.8 Å². The van der Waals surface area contributed by atoms with E-state index >= 15 is 0 Å². The summed E-state index contributed by atoms with van der Waals surface area (Å²) in [5.74, 6) is 6.03. The quantitative estimate of drug-likeness (QED) is 0.654. The lowest BCUT2D eigenvalue weighted by atomic mass is 9.99. The van der Waals surface area contributed by atoms with Gasteiger partial charge in [-0.25, -0.2) is 0 Å². The number of rotatable bonds is 4. The van der Waals surface area contributed by atoms with Crippen LogP contribution in [0.3, 0.4) is 0 Å². The van der Waals surface area contributed by atoms with E-state index in [2.05, 4.69) is 21.4 Å². The molecule has 0 radical (unpaired) electrons. The molecule has 1 saturated carbocycles. The minimum Gasteiger partial charge on any atom is -0.271 e. The lowest BCUT2D eigenvalue weighted by Crippen LogP contribution is -2.29. The van der Waals surface area contributed by atoms with Crippen LogP contribution in [-0.4, -0.2) is 0 Å². The van der Waals surface area contributed by atoms with Gasteiger partial charge in [0, 0.05) is 10.5 Å². The van der Waals surface area contributed by atoms with Crippen molar-refractivity contribution in [3.63, 3.8) is 0 Å². The summed E-state index contributed by atoms with van der Waals surface area (Å²) in [6, 6.07) is 3.42. The third-order valence-electron chi connectivity index (χ3n) is 3.17. The zero-order valence-corrected chi connectivity index (χ0v) is 11.2. The van der Waals surface area contributed by atoms with Gasteiger partial charge in [0.15, 0.2) is 0 Å². The van der Waals surface area contributed by atoms with Crippen molar-refractivity contribution >= 4 is 15.9 Å². The Morgan fingerprint density at radius 3 is 2.56 bits per heavy atom. The molecule has 0 aromatic heterocycles. The van der Waals surface area contributed by atoms with Gasteiger partial charge in [0.2, 0.25) is 0 Å². The van der Waals surface area contributed by atoms with Crippen molar-refractivity contribution in [2.45, 2.75) is 31.5 Å². The molecule has 0 bridgehead atoms. The molecular weight excluding hydrogens is 309 g/mol. The summed E-state index contributed by atoms with van der Waals surface area (Å²) in [4.78, 5) is 0. The first-order chi connectivity index (χ1) is 8.41. The molecule has 2 rings (SSSR count). The van der Waals surface area contributed by atoms with Crippen LogP contribution in [0, 0.1) is 5.92 Å². The van der Waals surface area contributed by atoms with E-state index < -0.39 is 11.7 Å². The van der Waals surface area contributed by atoms with Crippen LogP contribution in [-0.2, 0) is 6.18 Å². The van der Waals surface area contributed by atoms with E-state index in [4.69, 9.17) is 5.84 Å². The van der Waals surface area contributed by atoms with Crippen LogP contribution in [0.5, 0.6) is 0 Å². The minimum atomic E-state index is -4.33. The van der Waals surface area contributed by atoms with Gasteiger partial charge in [-0.05, 0) is 36.1 Å². The molecule has 0 spiro atoms. The topological polar surface area (TPSA) is 38.0 Å². The Bertz CT molecular complexity index is 430. The SMILES string of the molecule is NNC(CC1CC1)c1cc(C(F)(F)F)ccc1Br. The van der Waals surface area contributed by atoms with E-state index in [-0.39, 0.29) is 6.04 Å². The zero-order valence-electron chi connectivity index (χ0n) is 9.60. The van der Waals surface area contributed by atoms with Crippen molar-refractivity contribution in [2.75, 3.05) is 0 Å². The Kier molecular flexibility index (Phi) is 3.99. The number of hydrazine groups is 1. The second kappa shape index (κ2) is 5.19. The summed E-state index contributed by atoms with van der Waals surface area (Å²) in [6.45, 7) is 0. The predicted molar refractivity (Wildman–Crippen MR) is 66.5 cm³/mol. The maximum Gasteiger partial charge on any atom is 0.416 e. The largest absolute Gasteiger partial charge is 0.416 e. The number of benzene rings is 1. The molecule has 0 amide bonds. The second-order valence-electron chi connectivity index (χ2n) is 4.63. The van der Waals surface area contributed by atoms with Crippen LogP contribution in [0.4, 0.5) is 13.2 Å². The van der Waals surface area contributed by atoms with Crippen molar-refractivity contribution in [3.8, 4) is 0 Å². The Labute approximate surface area is 112 Å². The third-order valence-corrected chi connectivity index (χ3v) is 3.89. The van der Waals surface area contributed by atoms with Gasteiger partial charge in [0.25, 0.3) is 0 Å². The molecule has 0 aliphatic heterocycles. The summed E-state index contributed by atoms with van der Waals surface area (Å²) in [5.41, 5.74) is 2.54. The first kappa shape index (κ1) is 13.8. The summed E-state index contributed by atoms with van der Waals surface area (Å²) in [5, 5.41) is 0. The highest BCUT2D eigenvalue weighted by Crippen LogP contribution is 2.40. The number of hydrogen-bond acceptors (Lipinski definition) is 2. The Hall–Kier alpha value is -0.590. The molecule has 18 heavy (non-hydrogen) atoms. The molecule has 1 aliphatic rings. The number of nitrogens with one attached hydrogen (secondary N) is 1.